The van der Waals surface area contributed by atoms with Crippen LogP contribution in [0.25, 0.3) is 0 Å². The summed E-state index contributed by atoms with van der Waals surface area (Å²) in [5, 5.41) is 9.27. The molecule has 1 aromatic carbocycles. The van der Waals surface area contributed by atoms with E-state index in [1.165, 1.54) is 0 Å². The van der Waals surface area contributed by atoms with Crippen LogP contribution in [0.5, 0.6) is 5.75 Å². The Kier molecular flexibility index (Phi) is 5.08. The predicted octanol–water partition coefficient (Wildman–Crippen LogP) is 2.37. The lowest BCUT2D eigenvalue weighted by Crippen LogP contribution is -2.53. The molecule has 1 amide bonds. The molecule has 1 aliphatic rings. The molecule has 0 saturated carbocycles. The molecule has 1 atom stereocenters. The number of rotatable bonds is 6. The molecule has 2 rings (SSSR count). The number of aliphatic hydroxyl groups excluding tert-OH is 1. The first-order valence-electron chi connectivity index (χ1n) is 7.92. The maximum absolute atomic E-state index is 12.5. The molecule has 0 bridgehead atoms. The zero-order valence-electron chi connectivity index (χ0n) is 13.6. The van der Waals surface area contributed by atoms with Crippen molar-refractivity contribution in [1.29, 1.82) is 0 Å². The largest absolute Gasteiger partial charge is 0.476 e. The van der Waals surface area contributed by atoms with Gasteiger partial charge in [-0.2, -0.15) is 0 Å². The fraction of sp³-hybridized carbons (Fsp3) is 0.588. The van der Waals surface area contributed by atoms with E-state index in [1.807, 2.05) is 18.2 Å². The first-order chi connectivity index (χ1) is 10.4. The van der Waals surface area contributed by atoms with Crippen molar-refractivity contribution in [2.45, 2.75) is 51.7 Å². The van der Waals surface area contributed by atoms with E-state index in [4.69, 9.17) is 10.5 Å². The first kappa shape index (κ1) is 16.8. The summed E-state index contributed by atoms with van der Waals surface area (Å²) in [5.74, 6) is 0.512. The number of fused-ring (bicyclic) bond motifs is 1. The van der Waals surface area contributed by atoms with E-state index in [0.717, 1.165) is 24.8 Å². The van der Waals surface area contributed by atoms with Gasteiger partial charge in [0.2, 0.25) is 0 Å². The monoisotopic (exact) mass is 306 g/mol. The highest BCUT2D eigenvalue weighted by Gasteiger charge is 2.40. The number of β-amino-alcohol motifs (C(OH)–C–C–N with tert-alkyl or cyclic N) is 1. The average Bonchev–Trinajstić information content (AvgIpc) is 2.49. The molecular formula is C17H26N2O3. The third-order valence-electron chi connectivity index (χ3n) is 4.02. The van der Waals surface area contributed by atoms with Crippen LogP contribution in [0.2, 0.25) is 0 Å². The van der Waals surface area contributed by atoms with E-state index in [2.05, 4.69) is 6.92 Å². The number of unbranched alkanes of at least 4 members (excludes halogenated alkanes) is 1. The average molecular weight is 306 g/mol. The number of anilines is 1. The van der Waals surface area contributed by atoms with Gasteiger partial charge in [0.05, 0.1) is 12.3 Å². The summed E-state index contributed by atoms with van der Waals surface area (Å²) in [6, 6.07) is 5.70. The maximum Gasteiger partial charge on any atom is 0.270 e. The minimum atomic E-state index is -0.923. The summed E-state index contributed by atoms with van der Waals surface area (Å²) in [7, 11) is 0. The zero-order valence-corrected chi connectivity index (χ0v) is 13.6. The van der Waals surface area contributed by atoms with E-state index in [9.17, 15) is 9.90 Å². The van der Waals surface area contributed by atoms with Crippen LogP contribution >= 0.6 is 0 Å². The van der Waals surface area contributed by atoms with Gasteiger partial charge in [0, 0.05) is 12.6 Å². The lowest BCUT2D eigenvalue weighted by atomic mass is 9.98. The Hall–Kier alpha value is -1.59. The molecular weight excluding hydrogens is 280 g/mol. The van der Waals surface area contributed by atoms with Gasteiger partial charge in [0.1, 0.15) is 5.75 Å². The smallest absolute Gasteiger partial charge is 0.270 e. The van der Waals surface area contributed by atoms with Crippen LogP contribution in [-0.2, 0) is 4.79 Å². The van der Waals surface area contributed by atoms with Gasteiger partial charge in [0.15, 0.2) is 5.60 Å². The van der Waals surface area contributed by atoms with E-state index in [0.29, 0.717) is 11.4 Å². The van der Waals surface area contributed by atoms with Crippen molar-refractivity contribution < 1.29 is 14.6 Å². The maximum atomic E-state index is 12.5. The minimum absolute atomic E-state index is 0.0498. The molecule has 122 valence electrons. The Morgan fingerprint density at radius 1 is 1.41 bits per heavy atom. The second-order valence-corrected chi connectivity index (χ2v) is 6.27. The third-order valence-corrected chi connectivity index (χ3v) is 4.02. The lowest BCUT2D eigenvalue weighted by molar-refractivity contribution is -0.132. The van der Waals surface area contributed by atoms with Gasteiger partial charge in [-0.3, -0.25) is 4.79 Å². The van der Waals surface area contributed by atoms with Gasteiger partial charge in [-0.15, -0.1) is 0 Å². The molecule has 0 aliphatic carbocycles. The molecule has 5 heteroatoms. The summed E-state index contributed by atoms with van der Waals surface area (Å²) in [6.07, 6.45) is 3.09. The van der Waals surface area contributed by atoms with E-state index in [1.54, 1.807) is 18.7 Å². The molecule has 0 radical (unpaired) electrons. The quantitative estimate of drug-likeness (QED) is 0.846. The highest BCUT2D eigenvalue weighted by Crippen LogP contribution is 2.39. The van der Waals surface area contributed by atoms with Gasteiger partial charge in [-0.1, -0.05) is 25.8 Å². The first-order valence-corrected chi connectivity index (χ1v) is 7.92. The Labute approximate surface area is 132 Å². The van der Waals surface area contributed by atoms with Gasteiger partial charge in [-0.05, 0) is 38.0 Å². The normalized spacial score (nSPS) is 17.9. The molecule has 22 heavy (non-hydrogen) atoms. The lowest BCUT2D eigenvalue weighted by Gasteiger charge is -2.39. The standard InChI is InChI=1S/C17H26N2O3/c1-4-5-6-13(18)12-7-8-15-14(11-12)19(9-10-20)16(21)17(2,3)22-15/h7-8,11,13,20H,4-6,9-10,18H2,1-3H3. The summed E-state index contributed by atoms with van der Waals surface area (Å²) >= 11 is 0. The number of benzene rings is 1. The van der Waals surface area contributed by atoms with Gasteiger partial charge in [-0.25, -0.2) is 0 Å². The molecule has 0 spiro atoms. The number of nitrogens with zero attached hydrogens (tertiary/aromatic N) is 1. The van der Waals surface area contributed by atoms with Gasteiger partial charge < -0.3 is 20.5 Å². The van der Waals surface area contributed by atoms with Crippen LogP contribution < -0.4 is 15.4 Å². The van der Waals surface area contributed by atoms with Crippen LogP contribution in [0.15, 0.2) is 18.2 Å². The molecule has 5 nitrogen and oxygen atoms in total. The number of aliphatic hydroxyl groups is 1. The van der Waals surface area contributed by atoms with Crippen molar-refractivity contribution in [2.75, 3.05) is 18.1 Å². The second-order valence-electron chi connectivity index (χ2n) is 6.27. The minimum Gasteiger partial charge on any atom is -0.476 e. The van der Waals surface area contributed by atoms with Crippen molar-refractivity contribution in [2.24, 2.45) is 5.73 Å². The molecule has 1 aromatic rings. The number of hydrogen-bond acceptors (Lipinski definition) is 4. The molecule has 0 fully saturated rings. The van der Waals surface area contributed by atoms with E-state index >= 15 is 0 Å². The number of ether oxygens (including phenoxy) is 1. The SMILES string of the molecule is CCCCC(N)c1ccc2c(c1)N(CCO)C(=O)C(C)(C)O2. The predicted molar refractivity (Wildman–Crippen MR) is 87.0 cm³/mol. The Bertz CT molecular complexity index is 543. The van der Waals surface area contributed by atoms with Crippen LogP contribution in [-0.4, -0.2) is 29.8 Å². The van der Waals surface area contributed by atoms with Crippen LogP contribution in [0.3, 0.4) is 0 Å². The van der Waals surface area contributed by atoms with Gasteiger partial charge >= 0.3 is 0 Å². The van der Waals surface area contributed by atoms with Crippen molar-refractivity contribution in [3.63, 3.8) is 0 Å². The highest BCUT2D eigenvalue weighted by atomic mass is 16.5. The Balaban J connectivity index is 2.35. The van der Waals surface area contributed by atoms with Gasteiger partial charge in [0.25, 0.3) is 5.91 Å². The second kappa shape index (κ2) is 6.67. The van der Waals surface area contributed by atoms with Crippen LogP contribution in [0.1, 0.15) is 51.6 Å². The summed E-state index contributed by atoms with van der Waals surface area (Å²) in [4.78, 5) is 14.1. The van der Waals surface area contributed by atoms with Crippen LogP contribution in [0.4, 0.5) is 5.69 Å². The molecule has 3 N–H and O–H groups in total. The highest BCUT2D eigenvalue weighted by molar-refractivity contribution is 6.02. The molecule has 1 aliphatic heterocycles. The molecule has 0 saturated heterocycles. The number of amides is 1. The molecule has 0 aromatic heterocycles. The fourth-order valence-corrected chi connectivity index (χ4v) is 2.73. The Morgan fingerprint density at radius 3 is 2.77 bits per heavy atom. The zero-order chi connectivity index (χ0) is 16.3. The molecule has 1 unspecified atom stereocenters. The Morgan fingerprint density at radius 2 is 2.14 bits per heavy atom. The van der Waals surface area contributed by atoms with E-state index < -0.39 is 5.60 Å². The van der Waals surface area contributed by atoms with Crippen molar-refractivity contribution in [1.82, 2.24) is 0 Å². The summed E-state index contributed by atoms with van der Waals surface area (Å²) < 4.78 is 5.81. The van der Waals surface area contributed by atoms with Crippen molar-refractivity contribution >= 4 is 11.6 Å². The topological polar surface area (TPSA) is 75.8 Å². The number of nitrogens with two attached hydrogens (primary N) is 1. The third kappa shape index (κ3) is 3.25. The summed E-state index contributed by atoms with van der Waals surface area (Å²) in [6.45, 7) is 5.78. The van der Waals surface area contributed by atoms with Crippen molar-refractivity contribution in [3.05, 3.63) is 23.8 Å². The molecule has 1 heterocycles. The van der Waals surface area contributed by atoms with Crippen molar-refractivity contribution in [3.8, 4) is 5.75 Å². The number of carbonyl (C=O) groups is 1. The van der Waals surface area contributed by atoms with Crippen LogP contribution in [0, 0.1) is 0 Å². The van der Waals surface area contributed by atoms with E-state index in [-0.39, 0.29) is 25.1 Å². The fourth-order valence-electron chi connectivity index (χ4n) is 2.73. The number of carbonyl (C=O) groups excluding carboxylic acids is 1. The summed E-state index contributed by atoms with van der Waals surface area (Å²) in [5.41, 5.74) is 6.99. The number of hydrogen-bond donors (Lipinski definition) is 2.